The quantitative estimate of drug-likeness (QED) is 0.702. The lowest BCUT2D eigenvalue weighted by atomic mass is 10.0. The van der Waals surface area contributed by atoms with Crippen molar-refractivity contribution in [3.63, 3.8) is 0 Å². The number of rotatable bonds is 5. The number of benzene rings is 1. The molecule has 23 heavy (non-hydrogen) atoms. The second-order valence-electron chi connectivity index (χ2n) is 5.44. The van der Waals surface area contributed by atoms with Crippen molar-refractivity contribution in [2.75, 3.05) is 18.4 Å². The number of hydrogen-bond acceptors (Lipinski definition) is 5. The zero-order valence-corrected chi connectivity index (χ0v) is 13.3. The minimum Gasteiger partial charge on any atom is -0.480 e. The maximum atomic E-state index is 12.0. The Bertz CT molecular complexity index is 687. The summed E-state index contributed by atoms with van der Waals surface area (Å²) in [6.45, 7) is 0.544. The molecule has 2 rings (SSSR count). The normalized spacial score (nSPS) is 19.3. The number of sulfonamides is 1. The van der Waals surface area contributed by atoms with E-state index in [2.05, 4.69) is 5.32 Å². The third-order valence-corrected chi connectivity index (χ3v) is 4.64. The minimum absolute atomic E-state index is 0.0199. The lowest BCUT2D eigenvalue weighted by Crippen LogP contribution is -2.47. The first-order chi connectivity index (χ1) is 10.8. The Hall–Kier alpha value is -1.97. The van der Waals surface area contributed by atoms with Crippen LogP contribution < -0.4 is 10.5 Å². The van der Waals surface area contributed by atoms with Gasteiger partial charge in [0, 0.05) is 5.69 Å². The first-order valence-electron chi connectivity index (χ1n) is 7.17. The fourth-order valence-corrected chi connectivity index (χ4v) is 3.09. The van der Waals surface area contributed by atoms with E-state index in [0.717, 1.165) is 12.8 Å². The number of carbonyl (C=O) groups is 2. The molecular weight excluding hydrogens is 322 g/mol. The number of carboxylic acid groups (broad SMARTS) is 1. The minimum atomic E-state index is -3.77. The van der Waals surface area contributed by atoms with E-state index in [1.54, 1.807) is 4.90 Å². The van der Waals surface area contributed by atoms with Crippen molar-refractivity contribution in [2.45, 2.75) is 30.2 Å². The van der Waals surface area contributed by atoms with Crippen LogP contribution in [-0.4, -0.2) is 49.4 Å². The van der Waals surface area contributed by atoms with Gasteiger partial charge in [0.25, 0.3) is 0 Å². The molecule has 1 fully saturated rings. The van der Waals surface area contributed by atoms with Crippen LogP contribution in [0.25, 0.3) is 0 Å². The summed E-state index contributed by atoms with van der Waals surface area (Å²) in [5.41, 5.74) is 0.422. The SMILES string of the molecule is NS(=O)(=O)c1ccc(NC(=O)CN2CCCCC2C(=O)O)cc1. The molecule has 8 nitrogen and oxygen atoms in total. The standard InChI is InChI=1S/C14H19N3O5S/c15-23(21,22)11-6-4-10(5-7-11)16-13(18)9-17-8-2-1-3-12(17)14(19)20/h4-7,12H,1-3,8-9H2,(H,16,18)(H,19,20)(H2,15,21,22). The molecule has 4 N–H and O–H groups in total. The predicted octanol–water partition coefficient (Wildman–Crippen LogP) is 0.212. The number of primary sulfonamides is 1. The zero-order chi connectivity index (χ0) is 17.0. The number of amides is 1. The summed E-state index contributed by atoms with van der Waals surface area (Å²) in [6, 6.07) is 4.82. The van der Waals surface area contributed by atoms with Crippen molar-refractivity contribution in [2.24, 2.45) is 5.14 Å². The summed E-state index contributed by atoms with van der Waals surface area (Å²) in [5.74, 6) is -1.27. The summed E-state index contributed by atoms with van der Waals surface area (Å²) in [4.78, 5) is 24.8. The highest BCUT2D eigenvalue weighted by atomic mass is 32.2. The third kappa shape index (κ3) is 4.75. The second kappa shape index (κ2) is 7.07. The highest BCUT2D eigenvalue weighted by Gasteiger charge is 2.29. The Morgan fingerprint density at radius 2 is 1.91 bits per heavy atom. The largest absolute Gasteiger partial charge is 0.480 e. The average Bonchev–Trinajstić information content (AvgIpc) is 2.47. The van der Waals surface area contributed by atoms with Crippen LogP contribution in [0, 0.1) is 0 Å². The van der Waals surface area contributed by atoms with Crippen LogP contribution in [0.5, 0.6) is 0 Å². The van der Waals surface area contributed by atoms with Crippen molar-refractivity contribution in [1.29, 1.82) is 0 Å². The lowest BCUT2D eigenvalue weighted by Gasteiger charge is -2.32. The number of carbonyl (C=O) groups excluding carboxylic acids is 1. The van der Waals surface area contributed by atoms with Gasteiger partial charge in [-0.25, -0.2) is 13.6 Å². The van der Waals surface area contributed by atoms with Gasteiger partial charge in [-0.1, -0.05) is 6.42 Å². The molecule has 0 aromatic heterocycles. The number of hydrogen-bond donors (Lipinski definition) is 3. The predicted molar refractivity (Wildman–Crippen MR) is 83.3 cm³/mol. The maximum Gasteiger partial charge on any atom is 0.320 e. The molecule has 0 bridgehead atoms. The van der Waals surface area contributed by atoms with E-state index in [9.17, 15) is 23.1 Å². The number of nitrogens with zero attached hydrogens (tertiary/aromatic N) is 1. The Morgan fingerprint density at radius 1 is 1.26 bits per heavy atom. The van der Waals surface area contributed by atoms with Crippen molar-refractivity contribution >= 4 is 27.6 Å². The molecule has 1 aromatic carbocycles. The van der Waals surface area contributed by atoms with Crippen LogP contribution in [0.2, 0.25) is 0 Å². The average molecular weight is 341 g/mol. The molecule has 0 spiro atoms. The second-order valence-corrected chi connectivity index (χ2v) is 7.00. The van der Waals surface area contributed by atoms with Crippen LogP contribution in [0.4, 0.5) is 5.69 Å². The number of nitrogens with two attached hydrogens (primary N) is 1. The van der Waals surface area contributed by atoms with Crippen LogP contribution in [0.3, 0.4) is 0 Å². The maximum absolute atomic E-state index is 12.0. The molecule has 1 aliphatic heterocycles. The Balaban J connectivity index is 1.97. The summed E-state index contributed by atoms with van der Waals surface area (Å²) in [6.07, 6.45) is 2.23. The number of likely N-dealkylation sites (tertiary alicyclic amines) is 1. The van der Waals surface area contributed by atoms with Crippen LogP contribution in [0.1, 0.15) is 19.3 Å². The Morgan fingerprint density at radius 3 is 2.48 bits per heavy atom. The molecule has 1 amide bonds. The summed E-state index contributed by atoms with van der Waals surface area (Å²) < 4.78 is 22.3. The number of nitrogens with one attached hydrogen (secondary N) is 1. The zero-order valence-electron chi connectivity index (χ0n) is 12.4. The smallest absolute Gasteiger partial charge is 0.320 e. The molecule has 1 aromatic rings. The molecule has 9 heteroatoms. The van der Waals surface area contributed by atoms with Gasteiger partial charge >= 0.3 is 5.97 Å². The Labute approximate surface area is 134 Å². The van der Waals surface area contributed by atoms with Crippen molar-refractivity contribution < 1.29 is 23.1 Å². The summed E-state index contributed by atoms with van der Waals surface area (Å²) in [7, 11) is -3.77. The number of aliphatic carboxylic acids is 1. The van der Waals surface area contributed by atoms with Crippen LogP contribution in [-0.2, 0) is 19.6 Å². The first-order valence-corrected chi connectivity index (χ1v) is 8.71. The van der Waals surface area contributed by atoms with E-state index >= 15 is 0 Å². The third-order valence-electron chi connectivity index (χ3n) is 3.71. The molecule has 1 heterocycles. The molecular formula is C14H19N3O5S. The fraction of sp³-hybridized carbons (Fsp3) is 0.429. The van der Waals surface area contributed by atoms with E-state index in [4.69, 9.17) is 5.14 Å². The Kier molecular flexibility index (Phi) is 5.34. The number of carboxylic acids is 1. The van der Waals surface area contributed by atoms with Crippen LogP contribution >= 0.6 is 0 Å². The van der Waals surface area contributed by atoms with Gasteiger partial charge in [0.2, 0.25) is 15.9 Å². The molecule has 0 radical (unpaired) electrons. The first kappa shape index (κ1) is 17.4. The lowest BCUT2D eigenvalue weighted by molar-refractivity contribution is -0.145. The molecule has 1 unspecified atom stereocenters. The van der Waals surface area contributed by atoms with Gasteiger partial charge in [0.15, 0.2) is 0 Å². The van der Waals surface area contributed by atoms with Gasteiger partial charge in [0.1, 0.15) is 6.04 Å². The molecule has 0 saturated carbocycles. The fourth-order valence-electron chi connectivity index (χ4n) is 2.57. The van der Waals surface area contributed by atoms with E-state index in [1.807, 2.05) is 0 Å². The van der Waals surface area contributed by atoms with Gasteiger partial charge in [-0.2, -0.15) is 0 Å². The van der Waals surface area contributed by atoms with Crippen LogP contribution in [0.15, 0.2) is 29.2 Å². The van der Waals surface area contributed by atoms with E-state index in [0.29, 0.717) is 18.7 Å². The monoisotopic (exact) mass is 341 g/mol. The number of anilines is 1. The molecule has 0 aliphatic carbocycles. The molecule has 1 atom stereocenters. The van der Waals surface area contributed by atoms with E-state index in [1.165, 1.54) is 24.3 Å². The van der Waals surface area contributed by atoms with Gasteiger partial charge in [-0.3, -0.25) is 14.5 Å². The highest BCUT2D eigenvalue weighted by Crippen LogP contribution is 2.17. The van der Waals surface area contributed by atoms with Crippen molar-refractivity contribution in [3.8, 4) is 0 Å². The van der Waals surface area contributed by atoms with Gasteiger partial charge in [-0.15, -0.1) is 0 Å². The van der Waals surface area contributed by atoms with E-state index < -0.39 is 22.0 Å². The summed E-state index contributed by atoms with van der Waals surface area (Å²) >= 11 is 0. The molecule has 126 valence electrons. The van der Waals surface area contributed by atoms with Gasteiger partial charge < -0.3 is 10.4 Å². The molecule has 1 aliphatic rings. The van der Waals surface area contributed by atoms with Gasteiger partial charge in [0.05, 0.1) is 11.4 Å². The van der Waals surface area contributed by atoms with E-state index in [-0.39, 0.29) is 17.3 Å². The molecule has 1 saturated heterocycles. The van der Waals surface area contributed by atoms with Gasteiger partial charge in [-0.05, 0) is 43.7 Å². The topological polar surface area (TPSA) is 130 Å². The summed E-state index contributed by atoms with van der Waals surface area (Å²) in [5, 5.41) is 16.8. The van der Waals surface area contributed by atoms with Crippen molar-refractivity contribution in [3.05, 3.63) is 24.3 Å². The highest BCUT2D eigenvalue weighted by molar-refractivity contribution is 7.89. The number of piperidine rings is 1. The van der Waals surface area contributed by atoms with Crippen molar-refractivity contribution in [1.82, 2.24) is 4.90 Å².